The highest BCUT2D eigenvalue weighted by atomic mass is 35.5. The van der Waals surface area contributed by atoms with E-state index in [1.54, 1.807) is 0 Å². The van der Waals surface area contributed by atoms with Gasteiger partial charge in [0.1, 0.15) is 34.3 Å². The number of aromatic nitrogens is 4. The number of ketones is 2. The first-order chi connectivity index (χ1) is 33.9. The molecule has 0 radical (unpaired) electrons. The molecule has 3 aliphatic heterocycles. The standard InChI is InChI=1S/C24H32F2N6O5S.C20H24ClF2N5O4S/c1-36-19-4-3-18(25)21(26)20(19)22(33)17-15-28-24(30-23(17)27)29-16-5-8-32(9-6-16)38(34,35)14-2-7-31-10-12-37-13-11-31;1-32-15-4-3-14(22)17(23)16(15)18(29)13-11-25-20(27-19(13)24)26-12-5-8-28(9-6-12)33(30,31)10-2-7-21/h3-4,15-16H,2,5-14H2,1H3,(H3,27,28,29,30);3-4,11-12H,2,5-10H2,1H3,(H3,24,25,26,27). The average molecular weight is 1060 g/mol. The summed E-state index contributed by atoms with van der Waals surface area (Å²) in [6.07, 6.45) is 5.37. The molecule has 3 fully saturated rings. The molecule has 388 valence electrons. The number of morpholine rings is 1. The first kappa shape index (κ1) is 54.8. The third-order valence-electron chi connectivity index (χ3n) is 12.0. The average Bonchev–Trinajstić information content (AvgIpc) is 3.35. The fourth-order valence-corrected chi connectivity index (χ4v) is 11.4. The molecule has 0 bridgehead atoms. The summed E-state index contributed by atoms with van der Waals surface area (Å²) in [6, 6.07) is 3.80. The number of halogens is 5. The number of nitrogens with two attached hydrogens (primary N) is 2. The second-order valence-corrected chi connectivity index (χ2v) is 21.2. The van der Waals surface area contributed by atoms with Crippen molar-refractivity contribution in [3.63, 3.8) is 0 Å². The molecule has 5 heterocycles. The van der Waals surface area contributed by atoms with E-state index in [4.69, 9.17) is 37.3 Å². The molecule has 7 rings (SSSR count). The van der Waals surface area contributed by atoms with Crippen LogP contribution in [-0.4, -0.2) is 165 Å². The molecule has 3 aliphatic rings. The first-order valence-electron chi connectivity index (χ1n) is 22.6. The summed E-state index contributed by atoms with van der Waals surface area (Å²) in [6.45, 7) is 5.16. The Morgan fingerprint density at radius 2 is 1.10 bits per heavy atom. The van der Waals surface area contributed by atoms with Gasteiger partial charge in [-0.3, -0.25) is 14.5 Å². The zero-order valence-electron chi connectivity index (χ0n) is 39.0. The fourth-order valence-electron chi connectivity index (χ4n) is 8.09. The molecule has 0 spiro atoms. The Morgan fingerprint density at radius 1 is 0.690 bits per heavy atom. The van der Waals surface area contributed by atoms with Crippen LogP contribution in [0.4, 0.5) is 41.1 Å². The number of rotatable bonds is 19. The van der Waals surface area contributed by atoms with E-state index in [0.717, 1.165) is 56.3 Å². The van der Waals surface area contributed by atoms with E-state index in [0.29, 0.717) is 77.9 Å². The molecule has 6 N–H and O–H groups in total. The SMILES string of the molecule is COc1ccc(F)c(F)c1C(=O)c1cnc(NC2CCN(S(=O)(=O)CCCCl)CC2)nc1N.COc1ccc(F)c(F)c1C(=O)c1cnc(NC2CCN(S(=O)(=O)CCCN3CCOCC3)CC2)nc1N. The Hall–Kier alpha value is -5.51. The van der Waals surface area contributed by atoms with Gasteiger partial charge in [0.25, 0.3) is 0 Å². The van der Waals surface area contributed by atoms with Gasteiger partial charge in [0.2, 0.25) is 43.5 Å². The van der Waals surface area contributed by atoms with Crippen molar-refractivity contribution in [1.29, 1.82) is 0 Å². The Morgan fingerprint density at radius 3 is 1.48 bits per heavy atom. The predicted molar refractivity (Wildman–Crippen MR) is 257 cm³/mol. The number of alkyl halides is 1. The topological polar surface area (TPSA) is 267 Å². The number of piperidine rings is 2. The van der Waals surface area contributed by atoms with E-state index < -0.39 is 66.0 Å². The lowest BCUT2D eigenvalue weighted by Crippen LogP contribution is -2.44. The molecule has 0 atom stereocenters. The van der Waals surface area contributed by atoms with Gasteiger partial charge in [0.15, 0.2) is 23.3 Å². The molecule has 20 nitrogen and oxygen atoms in total. The smallest absolute Gasteiger partial charge is 0.224 e. The number of methoxy groups -OCH3 is 2. The van der Waals surface area contributed by atoms with Crippen molar-refractivity contribution in [2.75, 3.05) is 113 Å². The van der Waals surface area contributed by atoms with E-state index >= 15 is 0 Å². The van der Waals surface area contributed by atoms with Crippen LogP contribution in [0.2, 0.25) is 0 Å². The molecular formula is C44H56ClF4N11O9S2. The summed E-state index contributed by atoms with van der Waals surface area (Å²) in [5.74, 6) is -6.94. The highest BCUT2D eigenvalue weighted by molar-refractivity contribution is 7.89. The second kappa shape index (κ2) is 24.7. The minimum Gasteiger partial charge on any atom is -0.496 e. The number of ether oxygens (including phenoxy) is 3. The van der Waals surface area contributed by atoms with E-state index in [1.807, 2.05) is 0 Å². The maximum atomic E-state index is 14.4. The molecule has 27 heteroatoms. The fraction of sp³-hybridized carbons (Fsp3) is 0.500. The number of carbonyl (C=O) groups is 2. The number of benzene rings is 2. The number of nitrogens with zero attached hydrogens (tertiary/aromatic N) is 7. The monoisotopic (exact) mass is 1060 g/mol. The van der Waals surface area contributed by atoms with Crippen LogP contribution in [0.25, 0.3) is 0 Å². The number of hydrogen-bond acceptors (Lipinski definition) is 18. The number of hydrogen-bond donors (Lipinski definition) is 4. The van der Waals surface area contributed by atoms with Gasteiger partial charge in [0, 0.05) is 69.6 Å². The zero-order chi connectivity index (χ0) is 51.5. The van der Waals surface area contributed by atoms with Crippen molar-refractivity contribution in [2.45, 2.75) is 50.6 Å². The third kappa shape index (κ3) is 13.9. The second-order valence-electron chi connectivity index (χ2n) is 16.6. The van der Waals surface area contributed by atoms with E-state index in [2.05, 4.69) is 35.5 Å². The third-order valence-corrected chi connectivity index (χ3v) is 16.2. The van der Waals surface area contributed by atoms with E-state index in [-0.39, 0.29) is 75.6 Å². The predicted octanol–water partition coefficient (Wildman–Crippen LogP) is 3.92. The van der Waals surface area contributed by atoms with Gasteiger partial charge in [-0.2, -0.15) is 9.97 Å². The highest BCUT2D eigenvalue weighted by Gasteiger charge is 2.31. The molecule has 71 heavy (non-hydrogen) atoms. The zero-order valence-corrected chi connectivity index (χ0v) is 41.4. The van der Waals surface area contributed by atoms with Crippen molar-refractivity contribution in [3.8, 4) is 11.5 Å². The Labute approximate surface area is 413 Å². The van der Waals surface area contributed by atoms with Crippen molar-refractivity contribution >= 4 is 66.7 Å². The van der Waals surface area contributed by atoms with Gasteiger partial charge in [-0.15, -0.1) is 11.6 Å². The van der Waals surface area contributed by atoms with Crippen molar-refractivity contribution in [2.24, 2.45) is 0 Å². The normalized spacial score (nSPS) is 16.7. The largest absolute Gasteiger partial charge is 0.496 e. The van der Waals surface area contributed by atoms with Crippen LogP contribution in [0, 0.1) is 23.3 Å². The van der Waals surface area contributed by atoms with Gasteiger partial charge in [0.05, 0.1) is 50.1 Å². The van der Waals surface area contributed by atoms with Crippen molar-refractivity contribution < 1.29 is 58.2 Å². The number of sulfonamides is 2. The number of nitrogens with one attached hydrogen (secondary N) is 2. The lowest BCUT2D eigenvalue weighted by molar-refractivity contribution is 0.0380. The summed E-state index contributed by atoms with van der Waals surface area (Å²) in [4.78, 5) is 44.2. The number of anilines is 4. The minimum atomic E-state index is -3.35. The van der Waals surface area contributed by atoms with Crippen molar-refractivity contribution in [1.82, 2.24) is 33.4 Å². The van der Waals surface area contributed by atoms with Gasteiger partial charge < -0.3 is 36.3 Å². The maximum Gasteiger partial charge on any atom is 0.224 e. The Kier molecular flexibility index (Phi) is 19.1. The van der Waals surface area contributed by atoms with Gasteiger partial charge in [-0.25, -0.2) is 53.0 Å². The van der Waals surface area contributed by atoms with Crippen LogP contribution in [0.3, 0.4) is 0 Å². The quantitative estimate of drug-likeness (QED) is 0.0589. The molecule has 0 saturated carbocycles. The van der Waals surface area contributed by atoms with Crippen LogP contribution >= 0.6 is 11.6 Å². The Bertz CT molecular complexity index is 2750. The highest BCUT2D eigenvalue weighted by Crippen LogP contribution is 2.30. The van der Waals surface area contributed by atoms with Gasteiger partial charge in [-0.05, 0) is 69.3 Å². The minimum absolute atomic E-state index is 0.0143. The van der Waals surface area contributed by atoms with Crippen LogP contribution < -0.4 is 31.6 Å². The number of carbonyl (C=O) groups excluding carboxylic acids is 2. The van der Waals surface area contributed by atoms with E-state index in [1.165, 1.54) is 22.8 Å². The molecule has 2 aromatic heterocycles. The van der Waals surface area contributed by atoms with Crippen LogP contribution in [0.5, 0.6) is 11.5 Å². The molecule has 3 saturated heterocycles. The first-order valence-corrected chi connectivity index (χ1v) is 26.4. The van der Waals surface area contributed by atoms with Crippen LogP contribution in [-0.2, 0) is 24.8 Å². The van der Waals surface area contributed by atoms with Gasteiger partial charge in [-0.1, -0.05) is 0 Å². The molecule has 0 unspecified atom stereocenters. The summed E-state index contributed by atoms with van der Waals surface area (Å²) in [5, 5.41) is 6.19. The summed E-state index contributed by atoms with van der Waals surface area (Å²) < 4.78 is 124. The summed E-state index contributed by atoms with van der Waals surface area (Å²) in [7, 11) is -4.23. The Balaban J connectivity index is 0.000000235. The lowest BCUT2D eigenvalue weighted by Gasteiger charge is -2.32. The van der Waals surface area contributed by atoms with Crippen LogP contribution in [0.1, 0.15) is 70.4 Å². The molecular weight excluding hydrogens is 1000 g/mol. The van der Waals surface area contributed by atoms with Crippen molar-refractivity contribution in [3.05, 3.63) is 82.2 Å². The van der Waals surface area contributed by atoms with Gasteiger partial charge >= 0.3 is 0 Å². The molecule has 2 aromatic carbocycles. The number of nitrogen functional groups attached to an aromatic ring is 2. The molecule has 4 aromatic rings. The molecule has 0 aliphatic carbocycles. The van der Waals surface area contributed by atoms with Crippen LogP contribution in [0.15, 0.2) is 36.7 Å². The summed E-state index contributed by atoms with van der Waals surface area (Å²) >= 11 is 5.59. The van der Waals surface area contributed by atoms with E-state index in [9.17, 15) is 44.0 Å². The molecule has 0 amide bonds. The lowest BCUT2D eigenvalue weighted by atomic mass is 10.0. The summed E-state index contributed by atoms with van der Waals surface area (Å²) in [5.41, 5.74) is 10.3. The maximum absolute atomic E-state index is 14.4.